The Morgan fingerprint density at radius 1 is 1.26 bits per heavy atom. The van der Waals surface area contributed by atoms with Crippen molar-refractivity contribution in [1.29, 1.82) is 0 Å². The molecule has 1 aromatic rings. The first-order valence-corrected chi connectivity index (χ1v) is 10.9. The van der Waals surface area contributed by atoms with Gasteiger partial charge in [-0.05, 0) is 43.2 Å². The molecule has 27 heavy (non-hydrogen) atoms. The second-order valence-electron chi connectivity index (χ2n) is 7.67. The Balaban J connectivity index is 2.04. The molecular formula is C21H34FN3OS. The van der Waals surface area contributed by atoms with Crippen LogP contribution in [-0.2, 0) is 10.2 Å². The minimum Gasteiger partial charge on any atom is -0.381 e. The molecule has 0 saturated carbocycles. The van der Waals surface area contributed by atoms with E-state index in [1.807, 2.05) is 17.8 Å². The zero-order valence-electron chi connectivity index (χ0n) is 17.1. The first kappa shape index (κ1) is 22.0. The van der Waals surface area contributed by atoms with E-state index in [4.69, 9.17) is 9.73 Å². The summed E-state index contributed by atoms with van der Waals surface area (Å²) in [7, 11) is 0. The van der Waals surface area contributed by atoms with Crippen LogP contribution in [0.3, 0.4) is 0 Å². The van der Waals surface area contributed by atoms with Crippen LogP contribution in [0.15, 0.2) is 29.3 Å². The highest BCUT2D eigenvalue weighted by Crippen LogP contribution is 2.34. The number of hydrogen-bond acceptors (Lipinski definition) is 3. The quantitative estimate of drug-likeness (QED) is 0.517. The summed E-state index contributed by atoms with van der Waals surface area (Å²) in [6.07, 6.45) is 2.12. The molecule has 1 heterocycles. The standard InChI is InChI=1S/C21H34FN3OS/c1-5-23-19(25-16-21(27-6-2)10-12-26-13-11-21)24-15-20(3,4)17-8-7-9-18(22)14-17/h7-9,14H,5-6,10-13,15-16H2,1-4H3,(H2,23,24,25). The molecule has 0 spiro atoms. The summed E-state index contributed by atoms with van der Waals surface area (Å²) in [6.45, 7) is 12.4. The van der Waals surface area contributed by atoms with Crippen molar-refractivity contribution in [2.75, 3.05) is 38.6 Å². The topological polar surface area (TPSA) is 45.7 Å². The molecule has 1 saturated heterocycles. The molecule has 0 atom stereocenters. The minimum absolute atomic E-state index is 0.201. The maximum absolute atomic E-state index is 13.6. The van der Waals surface area contributed by atoms with Gasteiger partial charge in [-0.2, -0.15) is 11.8 Å². The van der Waals surface area contributed by atoms with E-state index >= 15 is 0 Å². The normalized spacial score (nSPS) is 17.6. The van der Waals surface area contributed by atoms with Crippen molar-refractivity contribution in [3.8, 4) is 0 Å². The Hall–Kier alpha value is -1.27. The summed E-state index contributed by atoms with van der Waals surface area (Å²) < 4.78 is 19.4. The van der Waals surface area contributed by atoms with Gasteiger partial charge in [-0.1, -0.05) is 32.9 Å². The van der Waals surface area contributed by atoms with Gasteiger partial charge in [0.15, 0.2) is 5.96 Å². The van der Waals surface area contributed by atoms with Crippen LogP contribution in [0.1, 0.15) is 46.1 Å². The maximum atomic E-state index is 13.6. The van der Waals surface area contributed by atoms with Crippen molar-refractivity contribution < 1.29 is 9.13 Å². The van der Waals surface area contributed by atoms with E-state index in [0.29, 0.717) is 6.54 Å². The van der Waals surface area contributed by atoms with Gasteiger partial charge < -0.3 is 15.4 Å². The molecule has 1 fully saturated rings. The lowest BCUT2D eigenvalue weighted by Gasteiger charge is -2.37. The Bertz CT molecular complexity index is 610. The second-order valence-corrected chi connectivity index (χ2v) is 9.40. The zero-order valence-corrected chi connectivity index (χ0v) is 17.9. The van der Waals surface area contributed by atoms with Crippen LogP contribution < -0.4 is 10.6 Å². The number of thioether (sulfide) groups is 1. The summed E-state index contributed by atoms with van der Waals surface area (Å²) in [5.41, 5.74) is 0.725. The van der Waals surface area contributed by atoms with E-state index in [0.717, 1.165) is 56.4 Å². The largest absolute Gasteiger partial charge is 0.381 e. The molecule has 0 radical (unpaired) electrons. The van der Waals surface area contributed by atoms with Gasteiger partial charge in [0.25, 0.3) is 0 Å². The zero-order chi connectivity index (χ0) is 19.8. The van der Waals surface area contributed by atoms with E-state index in [9.17, 15) is 4.39 Å². The van der Waals surface area contributed by atoms with Crippen molar-refractivity contribution in [3.05, 3.63) is 35.6 Å². The minimum atomic E-state index is -0.237. The first-order chi connectivity index (χ1) is 12.9. The van der Waals surface area contributed by atoms with Gasteiger partial charge in [0, 0.05) is 36.5 Å². The Morgan fingerprint density at radius 2 is 2.00 bits per heavy atom. The molecule has 0 unspecified atom stereocenters. The van der Waals surface area contributed by atoms with Crippen LogP contribution in [0, 0.1) is 5.82 Å². The molecule has 6 heteroatoms. The molecule has 0 amide bonds. The number of rotatable bonds is 8. The molecule has 0 aliphatic carbocycles. The number of benzene rings is 1. The lowest BCUT2D eigenvalue weighted by atomic mass is 9.85. The Morgan fingerprint density at radius 3 is 2.63 bits per heavy atom. The Kier molecular flexibility index (Phi) is 8.42. The maximum Gasteiger partial charge on any atom is 0.191 e. The van der Waals surface area contributed by atoms with Gasteiger partial charge in [0.05, 0.1) is 6.54 Å². The van der Waals surface area contributed by atoms with Crippen LogP contribution in [0.5, 0.6) is 0 Å². The van der Waals surface area contributed by atoms with Gasteiger partial charge in [-0.25, -0.2) is 4.39 Å². The summed E-state index contributed by atoms with van der Waals surface area (Å²) in [6, 6.07) is 6.81. The molecule has 0 bridgehead atoms. The average Bonchev–Trinajstić information content (AvgIpc) is 2.65. The van der Waals surface area contributed by atoms with Crippen molar-refractivity contribution >= 4 is 17.7 Å². The van der Waals surface area contributed by atoms with Crippen LogP contribution in [-0.4, -0.2) is 49.3 Å². The predicted octanol–water partition coefficient (Wildman–Crippen LogP) is 3.96. The lowest BCUT2D eigenvalue weighted by Crippen LogP contribution is -2.48. The number of nitrogens with zero attached hydrogens (tertiary/aromatic N) is 1. The predicted molar refractivity (Wildman–Crippen MR) is 114 cm³/mol. The smallest absolute Gasteiger partial charge is 0.191 e. The third-order valence-electron chi connectivity index (χ3n) is 5.02. The third-order valence-corrected chi connectivity index (χ3v) is 6.47. The van der Waals surface area contributed by atoms with Crippen LogP contribution in [0.25, 0.3) is 0 Å². The molecule has 4 nitrogen and oxygen atoms in total. The fourth-order valence-corrected chi connectivity index (χ4v) is 4.53. The van der Waals surface area contributed by atoms with Crippen LogP contribution in [0.2, 0.25) is 0 Å². The number of aliphatic imine (C=N–C) groups is 1. The SMILES string of the molecule is CCNC(=NCC(C)(C)c1cccc(F)c1)NCC1(SCC)CCOCC1. The highest BCUT2D eigenvalue weighted by molar-refractivity contribution is 8.00. The number of halogens is 1. The number of guanidine groups is 1. The van der Waals surface area contributed by atoms with E-state index in [1.54, 1.807) is 12.1 Å². The lowest BCUT2D eigenvalue weighted by molar-refractivity contribution is 0.0782. The van der Waals surface area contributed by atoms with Crippen LogP contribution >= 0.6 is 11.8 Å². The Labute approximate surface area is 167 Å². The summed E-state index contributed by atoms with van der Waals surface area (Å²) in [5.74, 6) is 1.72. The summed E-state index contributed by atoms with van der Waals surface area (Å²) >= 11 is 2.01. The van der Waals surface area contributed by atoms with E-state index in [1.165, 1.54) is 6.07 Å². The van der Waals surface area contributed by atoms with Crippen molar-refractivity contribution in [2.45, 2.75) is 50.7 Å². The van der Waals surface area contributed by atoms with Crippen molar-refractivity contribution in [2.24, 2.45) is 4.99 Å². The van der Waals surface area contributed by atoms with Crippen LogP contribution in [0.4, 0.5) is 4.39 Å². The summed E-state index contributed by atoms with van der Waals surface area (Å²) in [4.78, 5) is 4.80. The van der Waals surface area contributed by atoms with Crippen molar-refractivity contribution in [1.82, 2.24) is 10.6 Å². The molecule has 0 aromatic heterocycles. The average molecular weight is 396 g/mol. The van der Waals surface area contributed by atoms with E-state index < -0.39 is 0 Å². The van der Waals surface area contributed by atoms with Gasteiger partial charge in [0.2, 0.25) is 0 Å². The third kappa shape index (κ3) is 6.68. The molecule has 2 N–H and O–H groups in total. The van der Waals surface area contributed by atoms with Gasteiger partial charge in [-0.3, -0.25) is 4.99 Å². The van der Waals surface area contributed by atoms with E-state index in [-0.39, 0.29) is 16.0 Å². The van der Waals surface area contributed by atoms with E-state index in [2.05, 4.69) is 38.3 Å². The molecule has 152 valence electrons. The first-order valence-electron chi connectivity index (χ1n) is 9.91. The molecule has 1 aromatic carbocycles. The molecule has 1 aliphatic heterocycles. The molecular weight excluding hydrogens is 361 g/mol. The van der Waals surface area contributed by atoms with Gasteiger partial charge >= 0.3 is 0 Å². The fourth-order valence-electron chi connectivity index (χ4n) is 3.29. The number of ether oxygens (including phenoxy) is 1. The highest BCUT2D eigenvalue weighted by atomic mass is 32.2. The molecule has 2 rings (SSSR count). The second kappa shape index (κ2) is 10.3. The molecule has 1 aliphatic rings. The van der Waals surface area contributed by atoms with Gasteiger partial charge in [0.1, 0.15) is 5.82 Å². The number of hydrogen-bond donors (Lipinski definition) is 2. The van der Waals surface area contributed by atoms with Crippen molar-refractivity contribution in [3.63, 3.8) is 0 Å². The number of nitrogens with one attached hydrogen (secondary N) is 2. The summed E-state index contributed by atoms with van der Waals surface area (Å²) in [5, 5.41) is 6.88. The fraction of sp³-hybridized carbons (Fsp3) is 0.667. The monoisotopic (exact) mass is 395 g/mol. The highest BCUT2D eigenvalue weighted by Gasteiger charge is 2.32. The van der Waals surface area contributed by atoms with Gasteiger partial charge in [-0.15, -0.1) is 0 Å².